The Balaban J connectivity index is 1.57. The summed E-state index contributed by atoms with van der Waals surface area (Å²) >= 11 is 12.8. The molecule has 1 amide bonds. The predicted octanol–water partition coefficient (Wildman–Crippen LogP) is 5.06. The Morgan fingerprint density at radius 1 is 1.11 bits per heavy atom. The number of rotatable bonds is 5. The maximum atomic E-state index is 13.1. The van der Waals surface area contributed by atoms with Crippen molar-refractivity contribution in [1.29, 1.82) is 0 Å². The van der Waals surface area contributed by atoms with Crippen LogP contribution in [0.5, 0.6) is 17.2 Å². The van der Waals surface area contributed by atoms with Gasteiger partial charge in [0, 0.05) is 6.04 Å². The topological polar surface area (TPSA) is 126 Å². The van der Waals surface area contributed by atoms with Gasteiger partial charge in [-0.15, -0.1) is 0 Å². The van der Waals surface area contributed by atoms with E-state index in [2.05, 4.69) is 43.1 Å². The molecule has 0 saturated heterocycles. The van der Waals surface area contributed by atoms with Gasteiger partial charge < -0.3 is 15.2 Å². The maximum absolute atomic E-state index is 13.1. The first-order chi connectivity index (χ1) is 17.2. The van der Waals surface area contributed by atoms with Crippen molar-refractivity contribution < 1.29 is 14.6 Å². The number of nitrogens with zero attached hydrogens (tertiary/aromatic N) is 2. The van der Waals surface area contributed by atoms with Gasteiger partial charge in [-0.1, -0.05) is 50.9 Å². The van der Waals surface area contributed by atoms with Gasteiger partial charge >= 0.3 is 5.69 Å². The Morgan fingerprint density at radius 2 is 1.73 bits per heavy atom. The second-order valence-electron chi connectivity index (χ2n) is 11.0. The minimum Gasteiger partial charge on any atom is -0.507 e. The van der Waals surface area contributed by atoms with Gasteiger partial charge in [0.25, 0.3) is 11.5 Å². The summed E-state index contributed by atoms with van der Waals surface area (Å²) in [4.78, 5) is 38.5. The smallest absolute Gasteiger partial charge is 0.349 e. The fourth-order valence-electron chi connectivity index (χ4n) is 5.39. The quantitative estimate of drug-likeness (QED) is 0.410. The van der Waals surface area contributed by atoms with Crippen molar-refractivity contribution in [3.8, 4) is 22.9 Å². The van der Waals surface area contributed by atoms with E-state index in [1.165, 1.54) is 30.3 Å². The molecular weight excluding hydrogens is 519 g/mol. The molecule has 1 aliphatic carbocycles. The molecule has 11 heteroatoms. The number of phenols is 1. The maximum Gasteiger partial charge on any atom is 0.349 e. The number of aromatic amines is 1. The number of benzene rings is 2. The van der Waals surface area contributed by atoms with E-state index in [9.17, 15) is 19.5 Å². The summed E-state index contributed by atoms with van der Waals surface area (Å²) < 4.78 is 6.79. The lowest BCUT2D eigenvalue weighted by atomic mass is 9.63. The lowest BCUT2D eigenvalue weighted by Gasteiger charge is -2.45. The van der Waals surface area contributed by atoms with E-state index in [-0.39, 0.29) is 55.4 Å². The molecule has 2 aromatic carbocycles. The number of aromatic nitrogens is 3. The van der Waals surface area contributed by atoms with E-state index < -0.39 is 17.2 Å². The van der Waals surface area contributed by atoms with Crippen molar-refractivity contribution in [2.24, 2.45) is 10.8 Å². The molecule has 0 spiro atoms. The van der Waals surface area contributed by atoms with Crippen LogP contribution in [-0.2, 0) is 0 Å². The molecule has 3 N–H and O–H groups in total. The number of phenolic OH excluding ortho intramolecular Hbond substituents is 1. The molecule has 3 aromatic rings. The highest BCUT2D eigenvalue weighted by atomic mass is 35.5. The first-order valence-corrected chi connectivity index (χ1v) is 12.5. The predicted molar refractivity (Wildman–Crippen MR) is 141 cm³/mol. The molecular formula is C26H28Cl2N4O5. The number of hydrogen-bond donors (Lipinski definition) is 3. The number of amides is 1. The summed E-state index contributed by atoms with van der Waals surface area (Å²) in [5.41, 5.74) is -0.947. The number of ether oxygens (including phenoxy) is 1. The summed E-state index contributed by atoms with van der Waals surface area (Å²) in [5, 5.41) is 17.4. The molecule has 0 atom stereocenters. The Hall–Kier alpha value is -3.30. The fraction of sp³-hybridized carbons (Fsp3) is 0.385. The van der Waals surface area contributed by atoms with E-state index in [1.807, 2.05) is 0 Å². The number of carbonyl (C=O) groups is 1. The third-order valence-corrected chi connectivity index (χ3v) is 6.82. The van der Waals surface area contributed by atoms with Crippen LogP contribution in [0.3, 0.4) is 0 Å². The number of aromatic hydroxyl groups is 1. The zero-order valence-corrected chi connectivity index (χ0v) is 22.4. The molecule has 37 heavy (non-hydrogen) atoms. The molecule has 1 saturated carbocycles. The van der Waals surface area contributed by atoms with Gasteiger partial charge in [-0.25, -0.2) is 4.79 Å². The molecule has 1 fully saturated rings. The molecule has 1 aliphatic rings. The van der Waals surface area contributed by atoms with Gasteiger partial charge in [-0.2, -0.15) is 9.78 Å². The standard InChI is InChI=1S/C26H28Cl2N4O5/c1-25(2)10-14(11-26(3,4)13-25)30-23(35)17-9-16(5-6-20(17)33)37-22-18(27)7-15(8-19(22)28)32-24(36)31-21(34)12-29-32/h5-9,12,14,33H,10-11,13H2,1-4H3,(H,30,35)(H,31,34,36). The van der Waals surface area contributed by atoms with Crippen LogP contribution in [0.25, 0.3) is 5.69 Å². The molecule has 0 radical (unpaired) electrons. The minimum atomic E-state index is -0.757. The van der Waals surface area contributed by atoms with Gasteiger partial charge in [0.05, 0.1) is 21.3 Å². The SMILES string of the molecule is CC1(C)CC(NC(=O)c2cc(Oc3c(Cl)cc(-n4ncc(=O)[nH]c4=O)cc3Cl)ccc2O)CC(C)(C)C1. The summed E-state index contributed by atoms with van der Waals surface area (Å²) in [6, 6.07) is 7.02. The van der Waals surface area contributed by atoms with Crippen LogP contribution in [0, 0.1) is 10.8 Å². The Bertz CT molecular complexity index is 1440. The van der Waals surface area contributed by atoms with Crippen LogP contribution in [0.4, 0.5) is 0 Å². The van der Waals surface area contributed by atoms with Crippen LogP contribution < -0.4 is 21.3 Å². The summed E-state index contributed by atoms with van der Waals surface area (Å²) in [6.07, 6.45) is 3.69. The first-order valence-electron chi connectivity index (χ1n) is 11.7. The van der Waals surface area contributed by atoms with E-state index >= 15 is 0 Å². The lowest BCUT2D eigenvalue weighted by Crippen LogP contribution is -2.46. The van der Waals surface area contributed by atoms with Gasteiger partial charge in [0.15, 0.2) is 5.75 Å². The molecule has 1 aromatic heterocycles. The molecule has 4 rings (SSSR count). The van der Waals surface area contributed by atoms with Crippen LogP contribution >= 0.6 is 23.2 Å². The lowest BCUT2D eigenvalue weighted by molar-refractivity contribution is 0.0712. The molecule has 9 nitrogen and oxygen atoms in total. The summed E-state index contributed by atoms with van der Waals surface area (Å²) in [6.45, 7) is 8.78. The molecule has 0 aliphatic heterocycles. The number of halogens is 2. The van der Waals surface area contributed by atoms with Crippen LogP contribution in [0.2, 0.25) is 10.0 Å². The van der Waals surface area contributed by atoms with Crippen molar-refractivity contribution in [3.63, 3.8) is 0 Å². The van der Waals surface area contributed by atoms with E-state index in [4.69, 9.17) is 27.9 Å². The third kappa shape index (κ3) is 6.17. The average Bonchev–Trinajstić information content (AvgIpc) is 2.75. The first kappa shape index (κ1) is 26.8. The number of H-pyrrole nitrogens is 1. The van der Waals surface area contributed by atoms with Crippen LogP contribution in [0.1, 0.15) is 57.3 Å². The third-order valence-electron chi connectivity index (χ3n) is 6.26. The molecule has 0 bridgehead atoms. The average molecular weight is 547 g/mol. The van der Waals surface area contributed by atoms with Crippen LogP contribution in [0.15, 0.2) is 46.1 Å². The van der Waals surface area contributed by atoms with Crippen LogP contribution in [-0.4, -0.2) is 31.8 Å². The number of carbonyl (C=O) groups excluding carboxylic acids is 1. The van der Waals surface area contributed by atoms with Crippen molar-refractivity contribution in [3.05, 3.63) is 73.0 Å². The zero-order valence-electron chi connectivity index (χ0n) is 20.9. The second-order valence-corrected chi connectivity index (χ2v) is 11.8. The van der Waals surface area contributed by atoms with Crippen molar-refractivity contribution in [2.45, 2.75) is 53.0 Å². The molecule has 196 valence electrons. The minimum absolute atomic E-state index is 0.0309. The van der Waals surface area contributed by atoms with E-state index in [1.54, 1.807) is 0 Å². The Kier molecular flexibility index (Phi) is 7.14. The zero-order chi connectivity index (χ0) is 27.1. The van der Waals surface area contributed by atoms with Crippen molar-refractivity contribution in [2.75, 3.05) is 0 Å². The highest BCUT2D eigenvalue weighted by Crippen LogP contribution is 2.46. The summed E-state index contributed by atoms with van der Waals surface area (Å²) in [5.74, 6) is -0.284. The van der Waals surface area contributed by atoms with Gasteiger partial charge in [-0.3, -0.25) is 14.6 Å². The normalized spacial score (nSPS) is 16.8. The number of nitrogens with one attached hydrogen (secondary N) is 2. The van der Waals surface area contributed by atoms with Gasteiger partial charge in [-0.05, 0) is 60.4 Å². The Labute approximate surface area is 223 Å². The second kappa shape index (κ2) is 9.87. The summed E-state index contributed by atoms with van der Waals surface area (Å²) in [7, 11) is 0. The van der Waals surface area contributed by atoms with Crippen molar-refractivity contribution >= 4 is 29.1 Å². The van der Waals surface area contributed by atoms with Crippen molar-refractivity contribution in [1.82, 2.24) is 20.1 Å². The van der Waals surface area contributed by atoms with E-state index in [0.717, 1.165) is 30.1 Å². The largest absolute Gasteiger partial charge is 0.507 e. The van der Waals surface area contributed by atoms with E-state index in [0.29, 0.717) is 0 Å². The number of hydrogen-bond acceptors (Lipinski definition) is 6. The fourth-order valence-corrected chi connectivity index (χ4v) is 5.95. The monoisotopic (exact) mass is 546 g/mol. The van der Waals surface area contributed by atoms with Gasteiger partial charge in [0.2, 0.25) is 0 Å². The highest BCUT2D eigenvalue weighted by molar-refractivity contribution is 6.37. The Morgan fingerprint density at radius 3 is 2.32 bits per heavy atom. The van der Waals surface area contributed by atoms with Gasteiger partial charge in [0.1, 0.15) is 17.7 Å². The highest BCUT2D eigenvalue weighted by Gasteiger charge is 2.39. The molecule has 1 heterocycles. The molecule has 0 unspecified atom stereocenters.